The van der Waals surface area contributed by atoms with Crippen LogP contribution in [0.25, 0.3) is 0 Å². The first-order chi connectivity index (χ1) is 34.7. The second-order valence-electron chi connectivity index (χ2n) is 21.0. The summed E-state index contributed by atoms with van der Waals surface area (Å²) < 4.78 is 21.9. The molecular formula is C59H114N4O8. The highest BCUT2D eigenvalue weighted by Gasteiger charge is 2.23. The smallest absolute Gasteiger partial charge is 0.307 e. The molecule has 0 aromatic carbocycles. The summed E-state index contributed by atoms with van der Waals surface area (Å²) in [6, 6.07) is 0.514. The van der Waals surface area contributed by atoms with Gasteiger partial charge in [-0.2, -0.15) is 0 Å². The third-order valence-electron chi connectivity index (χ3n) is 14.7. The molecule has 12 nitrogen and oxygen atoms in total. The van der Waals surface area contributed by atoms with Gasteiger partial charge < -0.3 is 33.6 Å². The van der Waals surface area contributed by atoms with Gasteiger partial charge in [0.25, 0.3) is 0 Å². The van der Waals surface area contributed by atoms with Gasteiger partial charge >= 0.3 is 23.9 Å². The predicted octanol–water partition coefficient (Wildman–Crippen LogP) is 13.1. The molecule has 0 unspecified atom stereocenters. The van der Waals surface area contributed by atoms with Crippen molar-refractivity contribution in [2.45, 2.75) is 258 Å². The van der Waals surface area contributed by atoms with Crippen LogP contribution < -0.4 is 0 Å². The van der Waals surface area contributed by atoms with Crippen LogP contribution in [0.5, 0.6) is 0 Å². The highest BCUT2D eigenvalue weighted by atomic mass is 16.5. The number of nitrogens with zero attached hydrogens (tertiary/aromatic N) is 4. The Kier molecular flexibility index (Phi) is 46.9. The van der Waals surface area contributed by atoms with E-state index in [2.05, 4.69) is 47.4 Å². The zero-order valence-corrected chi connectivity index (χ0v) is 47.3. The third kappa shape index (κ3) is 42.7. The van der Waals surface area contributed by atoms with Gasteiger partial charge in [0.1, 0.15) is 0 Å². The minimum absolute atomic E-state index is 0.153. The largest absolute Gasteiger partial charge is 0.469 e. The fourth-order valence-corrected chi connectivity index (χ4v) is 9.70. The molecule has 0 heterocycles. The molecule has 1 saturated carbocycles. The standard InChI is InChI=1S/C59H114N4O8/c1-6-9-12-15-18-21-24-27-33-52-69-57(65)39-43-61(42-38-56(64)68-5)48-46-60(4)47-50-63(55-36-31-30-32-37-55)51-49-62(44-40-58(66)70-53-34-28-25-22-19-16-13-10-7-2)45-41-59(67)71-54-35-29-26-23-20-17-14-11-8-3/h55H,6-54H2,1-5H3. The Labute approximate surface area is 437 Å². The van der Waals surface area contributed by atoms with E-state index in [1.165, 1.54) is 174 Å². The van der Waals surface area contributed by atoms with Crippen molar-refractivity contribution in [2.24, 2.45) is 0 Å². The number of hydrogen-bond donors (Lipinski definition) is 0. The molecule has 1 rings (SSSR count). The van der Waals surface area contributed by atoms with Crippen molar-refractivity contribution in [3.05, 3.63) is 0 Å². The summed E-state index contributed by atoms with van der Waals surface area (Å²) in [6.07, 6.45) is 40.5. The first kappa shape index (κ1) is 66.7. The summed E-state index contributed by atoms with van der Waals surface area (Å²) in [5, 5.41) is 0. The summed E-state index contributed by atoms with van der Waals surface area (Å²) in [6.45, 7) is 15.4. The molecule has 71 heavy (non-hydrogen) atoms. The van der Waals surface area contributed by atoms with Gasteiger partial charge in [0.2, 0.25) is 0 Å². The van der Waals surface area contributed by atoms with Crippen molar-refractivity contribution in [1.82, 2.24) is 19.6 Å². The molecule has 0 atom stereocenters. The normalized spacial score (nSPS) is 13.2. The average Bonchev–Trinajstić information content (AvgIpc) is 3.38. The Morgan fingerprint density at radius 3 is 1.01 bits per heavy atom. The quantitative estimate of drug-likeness (QED) is 0.0328. The van der Waals surface area contributed by atoms with Crippen molar-refractivity contribution in [3.63, 3.8) is 0 Å². The van der Waals surface area contributed by atoms with E-state index < -0.39 is 0 Å². The number of hydrogen-bond acceptors (Lipinski definition) is 12. The fraction of sp³-hybridized carbons (Fsp3) is 0.932. The van der Waals surface area contributed by atoms with Crippen molar-refractivity contribution < 1.29 is 38.1 Å². The number of carbonyl (C=O) groups excluding carboxylic acids is 4. The molecular weight excluding hydrogens is 893 g/mol. The van der Waals surface area contributed by atoms with Crippen molar-refractivity contribution in [2.75, 3.05) is 99.4 Å². The Morgan fingerprint density at radius 1 is 0.366 bits per heavy atom. The molecule has 0 bridgehead atoms. The number of carbonyl (C=O) groups is 4. The third-order valence-corrected chi connectivity index (χ3v) is 14.7. The minimum Gasteiger partial charge on any atom is -0.469 e. The zero-order chi connectivity index (χ0) is 51.7. The lowest BCUT2D eigenvalue weighted by Gasteiger charge is -2.37. The van der Waals surface area contributed by atoms with E-state index in [1.807, 2.05) is 0 Å². The van der Waals surface area contributed by atoms with E-state index in [-0.39, 0.29) is 30.3 Å². The van der Waals surface area contributed by atoms with Gasteiger partial charge in [-0.05, 0) is 39.2 Å². The monoisotopic (exact) mass is 1010 g/mol. The predicted molar refractivity (Wildman–Crippen MR) is 294 cm³/mol. The van der Waals surface area contributed by atoms with Crippen LogP contribution in [-0.4, -0.2) is 149 Å². The summed E-state index contributed by atoms with van der Waals surface area (Å²) in [5.41, 5.74) is 0. The van der Waals surface area contributed by atoms with E-state index in [9.17, 15) is 19.2 Å². The van der Waals surface area contributed by atoms with Crippen LogP contribution in [-0.2, 0) is 38.1 Å². The van der Waals surface area contributed by atoms with Crippen LogP contribution in [0.4, 0.5) is 0 Å². The number of methoxy groups -OCH3 is 1. The molecule has 1 aliphatic carbocycles. The van der Waals surface area contributed by atoms with Gasteiger partial charge in [0.05, 0.1) is 52.6 Å². The highest BCUT2D eigenvalue weighted by molar-refractivity contribution is 5.70. The number of likely N-dealkylation sites (N-methyl/N-ethyl adjacent to an activating group) is 1. The number of unbranched alkanes of at least 4 members (excludes halogenated alkanes) is 24. The number of esters is 4. The molecule has 418 valence electrons. The van der Waals surface area contributed by atoms with E-state index >= 15 is 0 Å². The number of ether oxygens (including phenoxy) is 4. The molecule has 0 aromatic rings. The van der Waals surface area contributed by atoms with Gasteiger partial charge in [-0.25, -0.2) is 0 Å². The Balaban J connectivity index is 2.74. The summed E-state index contributed by atoms with van der Waals surface area (Å²) in [7, 11) is 3.58. The molecule has 0 amide bonds. The van der Waals surface area contributed by atoms with Crippen LogP contribution in [0.15, 0.2) is 0 Å². The van der Waals surface area contributed by atoms with Crippen molar-refractivity contribution >= 4 is 23.9 Å². The fourth-order valence-electron chi connectivity index (χ4n) is 9.70. The SMILES string of the molecule is CCCCCCCCCCCOC(=O)CCN(CCC(=O)OC)CCN(C)CCN(CCN(CCC(=O)OCCCCCCCCCCC)CCC(=O)OCCCCCCCCCCC)C1CCCCC1. The summed E-state index contributed by atoms with van der Waals surface area (Å²) >= 11 is 0. The number of rotatable bonds is 52. The maximum Gasteiger partial charge on any atom is 0.307 e. The van der Waals surface area contributed by atoms with Crippen molar-refractivity contribution in [1.29, 1.82) is 0 Å². The minimum atomic E-state index is -0.245. The maximum absolute atomic E-state index is 13.0. The van der Waals surface area contributed by atoms with Crippen molar-refractivity contribution in [3.8, 4) is 0 Å². The van der Waals surface area contributed by atoms with E-state index in [1.54, 1.807) is 0 Å². The lowest BCUT2D eigenvalue weighted by Crippen LogP contribution is -2.46. The van der Waals surface area contributed by atoms with E-state index in [0.717, 1.165) is 77.8 Å². The van der Waals surface area contributed by atoms with Crippen LogP contribution in [0.1, 0.15) is 252 Å². The van der Waals surface area contributed by atoms with Crippen LogP contribution >= 0.6 is 0 Å². The summed E-state index contributed by atoms with van der Waals surface area (Å²) in [4.78, 5) is 60.3. The molecule has 1 fully saturated rings. The topological polar surface area (TPSA) is 118 Å². The van der Waals surface area contributed by atoms with Crippen LogP contribution in [0, 0.1) is 0 Å². The van der Waals surface area contributed by atoms with Crippen LogP contribution in [0.2, 0.25) is 0 Å². The lowest BCUT2D eigenvalue weighted by molar-refractivity contribution is -0.145. The molecule has 12 heteroatoms. The molecule has 1 aliphatic rings. The second kappa shape index (κ2) is 49.9. The van der Waals surface area contributed by atoms with Gasteiger partial charge in [-0.15, -0.1) is 0 Å². The van der Waals surface area contributed by atoms with Crippen LogP contribution in [0.3, 0.4) is 0 Å². The average molecular weight is 1010 g/mol. The van der Waals surface area contributed by atoms with Gasteiger partial charge in [-0.1, -0.05) is 194 Å². The summed E-state index contributed by atoms with van der Waals surface area (Å²) in [5.74, 6) is -0.722. The van der Waals surface area contributed by atoms with E-state index in [4.69, 9.17) is 18.9 Å². The van der Waals surface area contributed by atoms with Gasteiger partial charge in [-0.3, -0.25) is 24.1 Å². The molecule has 0 radical (unpaired) electrons. The van der Waals surface area contributed by atoms with Gasteiger partial charge in [0, 0.05) is 71.5 Å². The van der Waals surface area contributed by atoms with E-state index in [0.29, 0.717) is 71.3 Å². The lowest BCUT2D eigenvalue weighted by atomic mass is 9.94. The molecule has 0 aromatic heterocycles. The first-order valence-corrected chi connectivity index (χ1v) is 30.1. The molecule has 0 saturated heterocycles. The highest BCUT2D eigenvalue weighted by Crippen LogP contribution is 2.23. The molecule has 0 spiro atoms. The Bertz CT molecular complexity index is 1200. The zero-order valence-electron chi connectivity index (χ0n) is 47.3. The Morgan fingerprint density at radius 2 is 0.662 bits per heavy atom. The molecule has 0 N–H and O–H groups in total. The Hall–Kier alpha value is -2.28. The van der Waals surface area contributed by atoms with Gasteiger partial charge in [0.15, 0.2) is 0 Å². The second-order valence-corrected chi connectivity index (χ2v) is 21.0. The maximum atomic E-state index is 13.0. The molecule has 0 aliphatic heterocycles. The first-order valence-electron chi connectivity index (χ1n) is 30.1.